The van der Waals surface area contributed by atoms with E-state index in [0.717, 1.165) is 0 Å². The van der Waals surface area contributed by atoms with Gasteiger partial charge >= 0.3 is 0 Å². The highest BCUT2D eigenvalue weighted by atomic mass is 32.2. The van der Waals surface area contributed by atoms with Gasteiger partial charge in [-0.05, 0) is 38.6 Å². The van der Waals surface area contributed by atoms with Gasteiger partial charge in [0.1, 0.15) is 0 Å². The molecule has 0 fully saturated rings. The van der Waals surface area contributed by atoms with Crippen LogP contribution in [-0.2, 0) is 9.84 Å². The van der Waals surface area contributed by atoms with E-state index in [1.54, 1.807) is 50.1 Å². The number of sulfone groups is 1. The van der Waals surface area contributed by atoms with Gasteiger partial charge in [0.05, 0.1) is 22.5 Å². The summed E-state index contributed by atoms with van der Waals surface area (Å²) in [7, 11) is -1.39. The quantitative estimate of drug-likeness (QED) is 0.857. The standard InChI is InChI=1S/C15H22N2O3S/c1-15(2,21(4,19)20)11-17(3)10-14(18)13-7-5-12(9-16)6-8-13/h5-8,14,18H,10-11H2,1-4H3. The minimum Gasteiger partial charge on any atom is -0.387 e. The Morgan fingerprint density at radius 1 is 1.33 bits per heavy atom. The van der Waals surface area contributed by atoms with E-state index >= 15 is 0 Å². The number of likely N-dealkylation sites (N-methyl/N-ethyl adjacent to an activating group) is 1. The summed E-state index contributed by atoms with van der Waals surface area (Å²) in [5, 5.41) is 18.9. The molecule has 1 aromatic carbocycles. The lowest BCUT2D eigenvalue weighted by Crippen LogP contribution is -2.43. The smallest absolute Gasteiger partial charge is 0.153 e. The van der Waals surface area contributed by atoms with Gasteiger partial charge in [0.25, 0.3) is 0 Å². The molecule has 0 aromatic heterocycles. The Hall–Kier alpha value is -1.42. The van der Waals surface area contributed by atoms with Crippen LogP contribution in [0.4, 0.5) is 0 Å². The third-order valence-corrected chi connectivity index (χ3v) is 5.70. The van der Waals surface area contributed by atoms with Gasteiger partial charge in [0, 0.05) is 19.3 Å². The van der Waals surface area contributed by atoms with Gasteiger partial charge in [0.2, 0.25) is 0 Å². The van der Waals surface area contributed by atoms with Crippen molar-refractivity contribution in [3.05, 3.63) is 35.4 Å². The lowest BCUT2D eigenvalue weighted by Gasteiger charge is -2.30. The summed E-state index contributed by atoms with van der Waals surface area (Å²) in [5.41, 5.74) is 1.25. The molecule has 0 aliphatic rings. The fourth-order valence-corrected chi connectivity index (χ4v) is 2.47. The topological polar surface area (TPSA) is 81.4 Å². The van der Waals surface area contributed by atoms with Gasteiger partial charge < -0.3 is 10.0 Å². The number of benzene rings is 1. The molecule has 0 bridgehead atoms. The summed E-state index contributed by atoms with van der Waals surface area (Å²) in [6.07, 6.45) is 0.496. The molecular weight excluding hydrogens is 288 g/mol. The fraction of sp³-hybridized carbons (Fsp3) is 0.533. The van der Waals surface area contributed by atoms with Crippen molar-refractivity contribution in [2.75, 3.05) is 26.4 Å². The second kappa shape index (κ2) is 6.56. The number of hydrogen-bond donors (Lipinski definition) is 1. The molecule has 0 heterocycles. The monoisotopic (exact) mass is 310 g/mol. The molecule has 1 atom stereocenters. The minimum atomic E-state index is -3.17. The molecule has 0 spiro atoms. The van der Waals surface area contributed by atoms with E-state index in [1.807, 2.05) is 6.07 Å². The first-order valence-electron chi connectivity index (χ1n) is 6.63. The Morgan fingerprint density at radius 3 is 2.29 bits per heavy atom. The van der Waals surface area contributed by atoms with Crippen molar-refractivity contribution in [1.29, 1.82) is 5.26 Å². The Bertz CT molecular complexity index is 615. The van der Waals surface area contributed by atoms with E-state index in [-0.39, 0.29) is 0 Å². The number of rotatable bonds is 6. The first kappa shape index (κ1) is 17.6. The summed E-state index contributed by atoms with van der Waals surface area (Å²) < 4.78 is 22.5. The van der Waals surface area contributed by atoms with Gasteiger partial charge in [0.15, 0.2) is 9.84 Å². The van der Waals surface area contributed by atoms with Crippen LogP contribution in [0, 0.1) is 11.3 Å². The first-order chi connectivity index (χ1) is 9.56. The van der Waals surface area contributed by atoms with Gasteiger partial charge in [-0.2, -0.15) is 5.26 Å². The van der Waals surface area contributed by atoms with Crippen LogP contribution in [0.3, 0.4) is 0 Å². The summed E-state index contributed by atoms with van der Waals surface area (Å²) in [5.74, 6) is 0. The zero-order valence-corrected chi connectivity index (χ0v) is 13.7. The molecule has 5 nitrogen and oxygen atoms in total. The molecule has 1 aromatic rings. The molecule has 0 aliphatic heterocycles. The second-order valence-corrected chi connectivity index (χ2v) is 8.63. The number of nitrogens with zero attached hydrogens (tertiary/aromatic N) is 2. The van der Waals surface area contributed by atoms with E-state index in [2.05, 4.69) is 0 Å². The van der Waals surface area contributed by atoms with Crippen LogP contribution in [-0.4, -0.2) is 49.6 Å². The SMILES string of the molecule is CN(CC(O)c1ccc(C#N)cc1)CC(C)(C)S(C)(=O)=O. The highest BCUT2D eigenvalue weighted by Crippen LogP contribution is 2.19. The van der Waals surface area contributed by atoms with Crippen LogP contribution in [0.5, 0.6) is 0 Å². The van der Waals surface area contributed by atoms with Gasteiger partial charge in [-0.3, -0.25) is 0 Å². The van der Waals surface area contributed by atoms with Crippen LogP contribution in [0.25, 0.3) is 0 Å². The van der Waals surface area contributed by atoms with Crippen molar-refractivity contribution < 1.29 is 13.5 Å². The highest BCUT2D eigenvalue weighted by molar-refractivity contribution is 7.92. The first-order valence-corrected chi connectivity index (χ1v) is 8.52. The molecule has 1 rings (SSSR count). The predicted molar refractivity (Wildman–Crippen MR) is 82.5 cm³/mol. The molecule has 1 unspecified atom stereocenters. The van der Waals surface area contributed by atoms with E-state index in [4.69, 9.17) is 5.26 Å². The van der Waals surface area contributed by atoms with E-state index in [1.165, 1.54) is 6.26 Å². The maximum absolute atomic E-state index is 11.7. The predicted octanol–water partition coefficient (Wildman–Crippen LogP) is 1.35. The Kier molecular flexibility index (Phi) is 5.51. The Labute approximate surface area is 126 Å². The average molecular weight is 310 g/mol. The maximum Gasteiger partial charge on any atom is 0.153 e. The van der Waals surface area contributed by atoms with Crippen molar-refractivity contribution in [3.8, 4) is 6.07 Å². The highest BCUT2D eigenvalue weighted by Gasteiger charge is 2.31. The minimum absolute atomic E-state index is 0.324. The maximum atomic E-state index is 11.7. The molecule has 0 saturated carbocycles. The third-order valence-electron chi connectivity index (χ3n) is 3.56. The summed E-state index contributed by atoms with van der Waals surface area (Å²) in [4.78, 5) is 1.80. The van der Waals surface area contributed by atoms with Crippen LogP contribution in [0.2, 0.25) is 0 Å². The number of hydrogen-bond acceptors (Lipinski definition) is 5. The second-order valence-electron chi connectivity index (χ2n) is 5.98. The van der Waals surface area contributed by atoms with E-state index in [0.29, 0.717) is 24.2 Å². The van der Waals surface area contributed by atoms with E-state index in [9.17, 15) is 13.5 Å². The lowest BCUT2D eigenvalue weighted by molar-refractivity contribution is 0.123. The lowest BCUT2D eigenvalue weighted by atomic mass is 10.1. The van der Waals surface area contributed by atoms with Crippen LogP contribution >= 0.6 is 0 Å². The van der Waals surface area contributed by atoms with Crippen molar-refractivity contribution in [2.45, 2.75) is 24.7 Å². The zero-order valence-electron chi connectivity index (χ0n) is 12.9. The molecule has 1 N–H and O–H groups in total. The fourth-order valence-electron chi connectivity index (χ4n) is 2.01. The molecule has 0 radical (unpaired) electrons. The average Bonchev–Trinajstić information content (AvgIpc) is 2.36. The summed E-state index contributed by atoms with van der Waals surface area (Å²) >= 11 is 0. The van der Waals surface area contributed by atoms with Crippen LogP contribution < -0.4 is 0 Å². The molecule has 116 valence electrons. The van der Waals surface area contributed by atoms with Crippen LogP contribution in [0.15, 0.2) is 24.3 Å². The summed E-state index contributed by atoms with van der Waals surface area (Å²) in [6.45, 7) is 4.00. The zero-order chi connectivity index (χ0) is 16.3. The Balaban J connectivity index is 2.70. The van der Waals surface area contributed by atoms with Crippen molar-refractivity contribution >= 4 is 9.84 Å². The number of nitriles is 1. The molecule has 0 aliphatic carbocycles. The molecule has 0 saturated heterocycles. The van der Waals surface area contributed by atoms with Gasteiger partial charge in [-0.15, -0.1) is 0 Å². The summed E-state index contributed by atoms with van der Waals surface area (Å²) in [6, 6.07) is 8.74. The third kappa shape index (κ3) is 4.81. The number of aliphatic hydroxyl groups excluding tert-OH is 1. The van der Waals surface area contributed by atoms with Gasteiger partial charge in [-0.25, -0.2) is 8.42 Å². The Morgan fingerprint density at radius 2 is 1.86 bits per heavy atom. The van der Waals surface area contributed by atoms with Crippen LogP contribution in [0.1, 0.15) is 31.1 Å². The van der Waals surface area contributed by atoms with Crippen molar-refractivity contribution in [1.82, 2.24) is 4.90 Å². The normalized spacial score (nSPS) is 14.0. The molecular formula is C15H22N2O3S. The largest absolute Gasteiger partial charge is 0.387 e. The van der Waals surface area contributed by atoms with Crippen molar-refractivity contribution in [3.63, 3.8) is 0 Å². The molecule has 6 heteroatoms. The molecule has 21 heavy (non-hydrogen) atoms. The molecule has 0 amide bonds. The van der Waals surface area contributed by atoms with Gasteiger partial charge in [-0.1, -0.05) is 12.1 Å². The number of aliphatic hydroxyl groups is 1. The van der Waals surface area contributed by atoms with E-state index < -0.39 is 20.7 Å². The van der Waals surface area contributed by atoms with Crippen molar-refractivity contribution in [2.24, 2.45) is 0 Å².